The average molecular weight is 288 g/mol. The monoisotopic (exact) mass is 288 g/mol. The lowest BCUT2D eigenvalue weighted by Crippen LogP contribution is -2.17. The van der Waals surface area contributed by atoms with Crippen molar-refractivity contribution in [3.8, 4) is 0 Å². The molecular weight excluding hydrogens is 272 g/mol. The predicted octanol–water partition coefficient (Wildman–Crippen LogP) is 2.43. The number of hydrogen-bond donors (Lipinski definition) is 2. The van der Waals surface area contributed by atoms with E-state index in [2.05, 4.69) is 10.6 Å². The molecule has 0 radical (unpaired) electrons. The zero-order chi connectivity index (χ0) is 15.2. The molecule has 1 aromatic carbocycles. The predicted molar refractivity (Wildman–Crippen MR) is 78.3 cm³/mol. The largest absolute Gasteiger partial charge is 0.456 e. The molecule has 6 heteroatoms. The number of aryl methyl sites for hydroxylation is 1. The summed E-state index contributed by atoms with van der Waals surface area (Å²) in [6.07, 6.45) is 0. The van der Waals surface area contributed by atoms with Crippen LogP contribution in [-0.4, -0.2) is 25.5 Å². The zero-order valence-electron chi connectivity index (χ0n) is 11.8. The summed E-state index contributed by atoms with van der Waals surface area (Å²) < 4.78 is 9.98. The molecule has 110 valence electrons. The maximum Gasteiger partial charge on any atom is 0.291 e. The van der Waals surface area contributed by atoms with Gasteiger partial charge in [0.25, 0.3) is 5.91 Å². The van der Waals surface area contributed by atoms with Gasteiger partial charge in [-0.15, -0.1) is 0 Å². The zero-order valence-corrected chi connectivity index (χ0v) is 11.8. The summed E-state index contributed by atoms with van der Waals surface area (Å²) in [5, 5.41) is 5.36. The lowest BCUT2D eigenvalue weighted by atomic mass is 10.2. The van der Waals surface area contributed by atoms with E-state index in [9.17, 15) is 9.59 Å². The van der Waals surface area contributed by atoms with E-state index >= 15 is 0 Å². The van der Waals surface area contributed by atoms with Gasteiger partial charge in [0, 0.05) is 18.5 Å². The maximum absolute atomic E-state index is 12.0. The minimum absolute atomic E-state index is 0.0255. The summed E-state index contributed by atoms with van der Waals surface area (Å²) >= 11 is 0. The number of rotatable bonds is 5. The van der Waals surface area contributed by atoms with E-state index < -0.39 is 0 Å². The number of carbonyl (C=O) groups is 2. The minimum atomic E-state index is -0.344. The van der Waals surface area contributed by atoms with E-state index in [1.165, 1.54) is 7.11 Å². The first kappa shape index (κ1) is 14.8. The summed E-state index contributed by atoms with van der Waals surface area (Å²) in [5.74, 6) is 0.299. The molecule has 1 heterocycles. The highest BCUT2D eigenvalue weighted by Crippen LogP contribution is 2.16. The molecule has 0 atom stereocenters. The highest BCUT2D eigenvalue weighted by molar-refractivity contribution is 6.02. The first-order valence-electron chi connectivity index (χ1n) is 6.35. The maximum atomic E-state index is 12.0. The number of furan rings is 1. The van der Waals surface area contributed by atoms with Crippen LogP contribution in [0.25, 0.3) is 0 Å². The van der Waals surface area contributed by atoms with Crippen molar-refractivity contribution in [3.05, 3.63) is 47.9 Å². The molecule has 2 amide bonds. The van der Waals surface area contributed by atoms with Gasteiger partial charge in [0.05, 0.1) is 0 Å². The SMILES string of the molecule is COCC(=O)Nc1cccc(NC(=O)c2ccc(C)o2)c1. The third kappa shape index (κ3) is 4.19. The molecule has 2 rings (SSSR count). The summed E-state index contributed by atoms with van der Waals surface area (Å²) in [6, 6.07) is 10.2. The number of anilines is 2. The third-order valence-corrected chi connectivity index (χ3v) is 2.64. The van der Waals surface area contributed by atoms with Gasteiger partial charge >= 0.3 is 0 Å². The quantitative estimate of drug-likeness (QED) is 0.885. The molecule has 0 spiro atoms. The number of amides is 2. The van der Waals surface area contributed by atoms with Crippen LogP contribution in [0, 0.1) is 6.92 Å². The van der Waals surface area contributed by atoms with Gasteiger partial charge in [-0.3, -0.25) is 9.59 Å². The fourth-order valence-electron chi connectivity index (χ4n) is 1.75. The molecule has 0 aliphatic carbocycles. The first-order valence-corrected chi connectivity index (χ1v) is 6.35. The van der Waals surface area contributed by atoms with E-state index in [0.29, 0.717) is 17.1 Å². The molecule has 0 aliphatic rings. The number of nitrogens with one attached hydrogen (secondary N) is 2. The van der Waals surface area contributed by atoms with Gasteiger partial charge in [0.15, 0.2) is 5.76 Å². The second-order valence-electron chi connectivity index (χ2n) is 4.43. The van der Waals surface area contributed by atoms with Crippen molar-refractivity contribution in [1.82, 2.24) is 0 Å². The fourth-order valence-corrected chi connectivity index (χ4v) is 1.75. The Hall–Kier alpha value is -2.60. The smallest absolute Gasteiger partial charge is 0.291 e. The van der Waals surface area contributed by atoms with Crippen LogP contribution < -0.4 is 10.6 Å². The fraction of sp³-hybridized carbons (Fsp3) is 0.200. The summed E-state index contributed by atoms with van der Waals surface area (Å²) in [5.41, 5.74) is 1.13. The van der Waals surface area contributed by atoms with Gasteiger partial charge in [-0.2, -0.15) is 0 Å². The highest BCUT2D eigenvalue weighted by Gasteiger charge is 2.10. The molecule has 0 aliphatic heterocycles. The summed E-state index contributed by atoms with van der Waals surface area (Å²) in [7, 11) is 1.45. The second-order valence-corrected chi connectivity index (χ2v) is 4.43. The van der Waals surface area contributed by atoms with E-state index in [1.807, 2.05) is 0 Å². The van der Waals surface area contributed by atoms with Crippen LogP contribution in [0.4, 0.5) is 11.4 Å². The van der Waals surface area contributed by atoms with Crippen molar-refractivity contribution in [2.75, 3.05) is 24.4 Å². The molecular formula is C15H16N2O4. The number of hydrogen-bond acceptors (Lipinski definition) is 4. The Labute approximate surface area is 122 Å². The summed E-state index contributed by atoms with van der Waals surface area (Å²) in [6.45, 7) is 1.74. The molecule has 0 bridgehead atoms. The molecule has 2 aromatic rings. The molecule has 6 nitrogen and oxygen atoms in total. The van der Waals surface area contributed by atoms with Crippen LogP contribution in [0.15, 0.2) is 40.8 Å². The van der Waals surface area contributed by atoms with Crippen LogP contribution in [-0.2, 0) is 9.53 Å². The topological polar surface area (TPSA) is 80.6 Å². The van der Waals surface area contributed by atoms with Gasteiger partial charge in [-0.25, -0.2) is 0 Å². The van der Waals surface area contributed by atoms with Crippen LogP contribution in [0.2, 0.25) is 0 Å². The molecule has 0 saturated heterocycles. The Morgan fingerprint density at radius 2 is 1.86 bits per heavy atom. The number of benzene rings is 1. The molecule has 2 N–H and O–H groups in total. The molecule has 1 aromatic heterocycles. The second kappa shape index (κ2) is 6.71. The Balaban J connectivity index is 2.04. The van der Waals surface area contributed by atoms with Gasteiger partial charge in [0.2, 0.25) is 5.91 Å². The van der Waals surface area contributed by atoms with Crippen LogP contribution >= 0.6 is 0 Å². The van der Waals surface area contributed by atoms with Crippen molar-refractivity contribution in [3.63, 3.8) is 0 Å². The van der Waals surface area contributed by atoms with Crippen LogP contribution in [0.1, 0.15) is 16.3 Å². The van der Waals surface area contributed by atoms with Gasteiger partial charge in [-0.05, 0) is 37.3 Å². The average Bonchev–Trinajstić information content (AvgIpc) is 2.86. The Morgan fingerprint density at radius 3 is 2.48 bits per heavy atom. The third-order valence-electron chi connectivity index (χ3n) is 2.64. The minimum Gasteiger partial charge on any atom is -0.456 e. The van der Waals surface area contributed by atoms with E-state index in [1.54, 1.807) is 43.3 Å². The van der Waals surface area contributed by atoms with E-state index in [-0.39, 0.29) is 24.2 Å². The molecule has 21 heavy (non-hydrogen) atoms. The van der Waals surface area contributed by atoms with Crippen molar-refractivity contribution in [1.29, 1.82) is 0 Å². The standard InChI is InChI=1S/C15H16N2O4/c1-10-6-7-13(21-10)15(19)17-12-5-3-4-11(8-12)16-14(18)9-20-2/h3-8H,9H2,1-2H3,(H,16,18)(H,17,19). The summed E-state index contributed by atoms with van der Waals surface area (Å²) in [4.78, 5) is 23.4. The Kier molecular flexibility index (Phi) is 4.73. The Morgan fingerprint density at radius 1 is 1.14 bits per heavy atom. The molecule has 0 saturated carbocycles. The Bertz CT molecular complexity index is 649. The molecule has 0 unspecified atom stereocenters. The first-order chi connectivity index (χ1) is 10.1. The molecule has 0 fully saturated rings. The lowest BCUT2D eigenvalue weighted by Gasteiger charge is -2.07. The van der Waals surface area contributed by atoms with Gasteiger partial charge in [-0.1, -0.05) is 6.07 Å². The lowest BCUT2D eigenvalue weighted by molar-refractivity contribution is -0.119. The van der Waals surface area contributed by atoms with Crippen molar-refractivity contribution in [2.24, 2.45) is 0 Å². The highest BCUT2D eigenvalue weighted by atomic mass is 16.5. The van der Waals surface area contributed by atoms with E-state index in [4.69, 9.17) is 9.15 Å². The normalized spacial score (nSPS) is 10.2. The van der Waals surface area contributed by atoms with E-state index in [0.717, 1.165) is 0 Å². The van der Waals surface area contributed by atoms with Crippen molar-refractivity contribution in [2.45, 2.75) is 6.92 Å². The van der Waals surface area contributed by atoms with Crippen LogP contribution in [0.5, 0.6) is 0 Å². The van der Waals surface area contributed by atoms with Gasteiger partial charge < -0.3 is 19.8 Å². The van der Waals surface area contributed by atoms with Crippen molar-refractivity contribution < 1.29 is 18.7 Å². The van der Waals surface area contributed by atoms with Crippen LogP contribution in [0.3, 0.4) is 0 Å². The number of carbonyl (C=O) groups excluding carboxylic acids is 2. The number of methoxy groups -OCH3 is 1. The van der Waals surface area contributed by atoms with Crippen molar-refractivity contribution >= 4 is 23.2 Å². The number of ether oxygens (including phenoxy) is 1. The van der Waals surface area contributed by atoms with Gasteiger partial charge in [0.1, 0.15) is 12.4 Å².